The van der Waals surface area contributed by atoms with Gasteiger partial charge in [-0.25, -0.2) is 4.79 Å². The number of hydrogen-bond donors (Lipinski definition) is 2. The van der Waals surface area contributed by atoms with Gasteiger partial charge in [0.25, 0.3) is 0 Å². The summed E-state index contributed by atoms with van der Waals surface area (Å²) in [7, 11) is 2.07. The molecule has 64 valence electrons. The van der Waals surface area contributed by atoms with Crippen LogP contribution in [0.5, 0.6) is 0 Å². The van der Waals surface area contributed by atoms with E-state index in [1.807, 2.05) is 0 Å². The third-order valence-corrected chi connectivity index (χ3v) is 2.18. The molecule has 1 aliphatic rings. The Bertz CT molecular complexity index is 149. The van der Waals surface area contributed by atoms with E-state index < -0.39 is 6.03 Å². The van der Waals surface area contributed by atoms with E-state index in [2.05, 4.69) is 17.3 Å². The van der Waals surface area contributed by atoms with Crippen LogP contribution in [-0.2, 0) is 0 Å². The number of rotatable bonds is 2. The Hall–Kier alpha value is -0.770. The fourth-order valence-electron chi connectivity index (χ4n) is 1.46. The second-order valence-electron chi connectivity index (χ2n) is 3.02. The van der Waals surface area contributed by atoms with E-state index >= 15 is 0 Å². The molecule has 1 saturated heterocycles. The van der Waals surface area contributed by atoms with E-state index in [1.165, 1.54) is 6.42 Å². The highest BCUT2D eigenvalue weighted by Gasteiger charge is 2.20. The Morgan fingerprint density at radius 2 is 2.55 bits per heavy atom. The van der Waals surface area contributed by atoms with Crippen molar-refractivity contribution >= 4 is 6.03 Å². The molecule has 4 nitrogen and oxygen atoms in total. The lowest BCUT2D eigenvalue weighted by atomic mass is 10.2. The summed E-state index contributed by atoms with van der Waals surface area (Å²) in [6, 6.07) is 0.0628. The first-order valence-corrected chi connectivity index (χ1v) is 3.93. The van der Waals surface area contributed by atoms with Gasteiger partial charge in [0.05, 0.1) is 0 Å². The topological polar surface area (TPSA) is 58.4 Å². The molecule has 1 unspecified atom stereocenters. The maximum absolute atomic E-state index is 10.4. The number of nitrogens with two attached hydrogens (primary N) is 1. The van der Waals surface area contributed by atoms with Gasteiger partial charge in [-0.2, -0.15) is 0 Å². The maximum Gasteiger partial charge on any atom is 0.312 e. The summed E-state index contributed by atoms with van der Waals surface area (Å²) in [5.74, 6) is 0. The number of urea groups is 1. The molecule has 0 spiro atoms. The number of primary amides is 1. The van der Waals surface area contributed by atoms with Crippen molar-refractivity contribution in [2.45, 2.75) is 18.9 Å². The van der Waals surface area contributed by atoms with Crippen molar-refractivity contribution in [1.29, 1.82) is 0 Å². The monoisotopic (exact) mass is 157 g/mol. The van der Waals surface area contributed by atoms with Crippen molar-refractivity contribution < 1.29 is 4.79 Å². The van der Waals surface area contributed by atoms with Crippen LogP contribution in [-0.4, -0.2) is 37.1 Å². The summed E-state index contributed by atoms with van der Waals surface area (Å²) in [6.45, 7) is 1.82. The van der Waals surface area contributed by atoms with Crippen molar-refractivity contribution in [1.82, 2.24) is 10.2 Å². The molecule has 0 bridgehead atoms. The van der Waals surface area contributed by atoms with Crippen molar-refractivity contribution in [2.24, 2.45) is 5.73 Å². The zero-order chi connectivity index (χ0) is 8.27. The van der Waals surface area contributed by atoms with Crippen LogP contribution in [0, 0.1) is 0 Å². The van der Waals surface area contributed by atoms with Crippen LogP contribution in [0.1, 0.15) is 12.8 Å². The van der Waals surface area contributed by atoms with Crippen LogP contribution < -0.4 is 11.1 Å². The fourth-order valence-corrected chi connectivity index (χ4v) is 1.46. The Morgan fingerprint density at radius 3 is 3.00 bits per heavy atom. The third-order valence-electron chi connectivity index (χ3n) is 2.18. The predicted octanol–water partition coefficient (Wildman–Crippen LogP) is -0.251. The van der Waals surface area contributed by atoms with Gasteiger partial charge in [-0.3, -0.25) is 0 Å². The molecule has 1 fully saturated rings. The number of carbonyl (C=O) groups excluding carboxylic acids is 1. The summed E-state index contributed by atoms with van der Waals surface area (Å²) in [5.41, 5.74) is 4.95. The molecule has 0 aliphatic carbocycles. The standard InChI is InChI=1S/C7H15N3O/c1-10-4-2-3-6(10)5-9-7(8)11/h6H,2-5H2,1H3,(H3,8,9,11). The lowest BCUT2D eigenvalue weighted by molar-refractivity contribution is 0.242. The summed E-state index contributed by atoms with van der Waals surface area (Å²) < 4.78 is 0. The van der Waals surface area contributed by atoms with E-state index in [-0.39, 0.29) is 0 Å². The number of amides is 2. The van der Waals surface area contributed by atoms with Gasteiger partial charge in [0.15, 0.2) is 0 Å². The number of hydrogen-bond acceptors (Lipinski definition) is 2. The lowest BCUT2D eigenvalue weighted by Crippen LogP contribution is -2.40. The summed E-state index contributed by atoms with van der Waals surface area (Å²) in [6.07, 6.45) is 2.39. The maximum atomic E-state index is 10.4. The van der Waals surface area contributed by atoms with Crippen molar-refractivity contribution in [3.8, 4) is 0 Å². The number of nitrogens with one attached hydrogen (secondary N) is 1. The van der Waals surface area contributed by atoms with Crippen LogP contribution in [0.25, 0.3) is 0 Å². The Balaban J connectivity index is 2.20. The largest absolute Gasteiger partial charge is 0.352 e. The minimum atomic E-state index is -0.426. The molecule has 0 aromatic carbocycles. The smallest absolute Gasteiger partial charge is 0.312 e. The van der Waals surface area contributed by atoms with Gasteiger partial charge in [0.2, 0.25) is 0 Å². The molecule has 3 N–H and O–H groups in total. The summed E-state index contributed by atoms with van der Waals surface area (Å²) >= 11 is 0. The molecule has 4 heteroatoms. The SMILES string of the molecule is CN1CCCC1CNC(N)=O. The van der Waals surface area contributed by atoms with E-state index in [0.29, 0.717) is 12.6 Å². The van der Waals surface area contributed by atoms with Crippen molar-refractivity contribution in [2.75, 3.05) is 20.1 Å². The van der Waals surface area contributed by atoms with Gasteiger partial charge in [-0.05, 0) is 26.4 Å². The third kappa shape index (κ3) is 2.38. The molecule has 0 saturated carbocycles. The first-order valence-electron chi connectivity index (χ1n) is 3.93. The van der Waals surface area contributed by atoms with Crippen LogP contribution in [0.2, 0.25) is 0 Å². The average molecular weight is 157 g/mol. The van der Waals surface area contributed by atoms with Crippen molar-refractivity contribution in [3.63, 3.8) is 0 Å². The zero-order valence-corrected chi connectivity index (χ0v) is 6.84. The molecule has 1 heterocycles. The van der Waals surface area contributed by atoms with E-state index in [0.717, 1.165) is 13.0 Å². The van der Waals surface area contributed by atoms with Crippen molar-refractivity contribution in [3.05, 3.63) is 0 Å². The Kier molecular flexibility index (Phi) is 2.70. The minimum Gasteiger partial charge on any atom is -0.352 e. The second kappa shape index (κ2) is 3.57. The molecule has 0 aromatic heterocycles. The number of likely N-dealkylation sites (tertiary alicyclic amines) is 1. The van der Waals surface area contributed by atoms with Gasteiger partial charge < -0.3 is 16.0 Å². The van der Waals surface area contributed by atoms with Crippen LogP contribution in [0.3, 0.4) is 0 Å². The summed E-state index contributed by atoms with van der Waals surface area (Å²) in [4.78, 5) is 12.6. The quantitative estimate of drug-likeness (QED) is 0.580. The van der Waals surface area contributed by atoms with Gasteiger partial charge in [0, 0.05) is 12.6 Å². The van der Waals surface area contributed by atoms with E-state index in [1.54, 1.807) is 0 Å². The van der Waals surface area contributed by atoms with E-state index in [4.69, 9.17) is 5.73 Å². The fraction of sp³-hybridized carbons (Fsp3) is 0.857. The first kappa shape index (κ1) is 8.33. The Labute approximate surface area is 66.7 Å². The summed E-state index contributed by atoms with van der Waals surface area (Å²) in [5, 5.41) is 2.62. The molecule has 1 aliphatic heterocycles. The van der Waals surface area contributed by atoms with Gasteiger partial charge in [0.1, 0.15) is 0 Å². The minimum absolute atomic E-state index is 0.426. The zero-order valence-electron chi connectivity index (χ0n) is 6.84. The normalized spacial score (nSPS) is 25.4. The molecule has 1 atom stereocenters. The highest BCUT2D eigenvalue weighted by Crippen LogP contribution is 2.13. The second-order valence-corrected chi connectivity index (χ2v) is 3.02. The first-order chi connectivity index (χ1) is 5.20. The molecule has 1 rings (SSSR count). The Morgan fingerprint density at radius 1 is 1.82 bits per heavy atom. The highest BCUT2D eigenvalue weighted by atomic mass is 16.2. The lowest BCUT2D eigenvalue weighted by Gasteiger charge is -2.18. The highest BCUT2D eigenvalue weighted by molar-refractivity contribution is 5.71. The van der Waals surface area contributed by atoms with Crippen LogP contribution in [0.4, 0.5) is 4.79 Å². The van der Waals surface area contributed by atoms with Gasteiger partial charge in [-0.1, -0.05) is 0 Å². The molecule has 0 radical (unpaired) electrons. The molecule has 0 aromatic rings. The average Bonchev–Trinajstić information content (AvgIpc) is 2.31. The van der Waals surface area contributed by atoms with E-state index in [9.17, 15) is 4.79 Å². The number of likely N-dealkylation sites (N-methyl/N-ethyl adjacent to an activating group) is 1. The van der Waals surface area contributed by atoms with Crippen LogP contribution in [0.15, 0.2) is 0 Å². The van der Waals surface area contributed by atoms with Gasteiger partial charge in [-0.15, -0.1) is 0 Å². The van der Waals surface area contributed by atoms with Gasteiger partial charge >= 0.3 is 6.03 Å². The predicted molar refractivity (Wildman–Crippen MR) is 43.2 cm³/mol. The molecule has 11 heavy (non-hydrogen) atoms. The molecular weight excluding hydrogens is 142 g/mol. The van der Waals surface area contributed by atoms with Crippen LogP contribution >= 0.6 is 0 Å². The molecular formula is C7H15N3O. The number of nitrogens with zero attached hydrogens (tertiary/aromatic N) is 1. The molecule has 2 amide bonds. The number of carbonyl (C=O) groups is 1.